The number of carbonyl (C=O) groups is 2. The summed E-state index contributed by atoms with van der Waals surface area (Å²) in [7, 11) is 0. The largest absolute Gasteiger partial charge is 0.459 e. The highest BCUT2D eigenvalue weighted by molar-refractivity contribution is 5.95. The maximum absolute atomic E-state index is 12.3. The number of hydrogen-bond acceptors (Lipinski definition) is 4. The van der Waals surface area contributed by atoms with Crippen molar-refractivity contribution < 1.29 is 14.0 Å². The van der Waals surface area contributed by atoms with E-state index in [0.29, 0.717) is 37.5 Å². The Hall–Kier alpha value is -2.63. The van der Waals surface area contributed by atoms with Crippen LogP contribution >= 0.6 is 0 Å². The van der Waals surface area contributed by atoms with Crippen LogP contribution in [0.1, 0.15) is 26.5 Å². The van der Waals surface area contributed by atoms with Crippen LogP contribution in [0.4, 0.5) is 0 Å². The van der Waals surface area contributed by atoms with Crippen LogP contribution in [0.5, 0.6) is 0 Å². The second-order valence-electron chi connectivity index (χ2n) is 5.26. The number of aryl methyl sites for hydroxylation is 1. The third kappa shape index (κ3) is 2.72. The van der Waals surface area contributed by atoms with Gasteiger partial charge in [0, 0.05) is 44.1 Å². The lowest BCUT2D eigenvalue weighted by Crippen LogP contribution is -2.50. The molecule has 6 heteroatoms. The second-order valence-corrected chi connectivity index (χ2v) is 5.26. The quantitative estimate of drug-likeness (QED) is 0.844. The van der Waals surface area contributed by atoms with Gasteiger partial charge < -0.3 is 14.2 Å². The molecule has 0 spiro atoms. The van der Waals surface area contributed by atoms with Crippen molar-refractivity contribution in [1.29, 1.82) is 0 Å². The van der Waals surface area contributed by atoms with Crippen molar-refractivity contribution >= 4 is 11.8 Å². The lowest BCUT2D eigenvalue weighted by Gasteiger charge is -2.34. The van der Waals surface area contributed by atoms with Gasteiger partial charge in [-0.25, -0.2) is 0 Å². The van der Waals surface area contributed by atoms with Crippen molar-refractivity contribution in [2.75, 3.05) is 26.2 Å². The Morgan fingerprint density at radius 2 is 1.77 bits per heavy atom. The van der Waals surface area contributed by atoms with Gasteiger partial charge in [-0.3, -0.25) is 14.6 Å². The van der Waals surface area contributed by atoms with Gasteiger partial charge in [0.25, 0.3) is 11.8 Å². The summed E-state index contributed by atoms with van der Waals surface area (Å²) in [5, 5.41) is 0. The van der Waals surface area contributed by atoms with Crippen molar-refractivity contribution in [3.63, 3.8) is 0 Å². The van der Waals surface area contributed by atoms with Crippen molar-refractivity contribution in [3.8, 4) is 0 Å². The van der Waals surface area contributed by atoms with Crippen LogP contribution in [0.3, 0.4) is 0 Å². The van der Waals surface area contributed by atoms with Crippen LogP contribution in [0.25, 0.3) is 0 Å². The fourth-order valence-electron chi connectivity index (χ4n) is 2.52. The van der Waals surface area contributed by atoms with Crippen molar-refractivity contribution in [2.45, 2.75) is 6.92 Å². The van der Waals surface area contributed by atoms with Crippen LogP contribution in [-0.4, -0.2) is 52.8 Å². The highest BCUT2D eigenvalue weighted by Gasteiger charge is 2.27. The summed E-state index contributed by atoms with van der Waals surface area (Å²) in [4.78, 5) is 32.1. The topological polar surface area (TPSA) is 66.7 Å². The molecule has 0 N–H and O–H groups in total. The molecule has 1 saturated heterocycles. The molecule has 2 aromatic heterocycles. The Kier molecular flexibility index (Phi) is 3.91. The zero-order valence-electron chi connectivity index (χ0n) is 12.4. The number of hydrogen-bond donors (Lipinski definition) is 0. The third-order valence-electron chi connectivity index (χ3n) is 3.82. The Labute approximate surface area is 128 Å². The number of aromatic nitrogens is 1. The maximum atomic E-state index is 12.3. The summed E-state index contributed by atoms with van der Waals surface area (Å²) >= 11 is 0. The van der Waals surface area contributed by atoms with E-state index in [-0.39, 0.29) is 11.8 Å². The van der Waals surface area contributed by atoms with Gasteiger partial charge in [0.05, 0.1) is 11.8 Å². The molecule has 2 aromatic rings. The highest BCUT2D eigenvalue weighted by atomic mass is 16.3. The third-order valence-corrected chi connectivity index (χ3v) is 3.82. The average molecular weight is 299 g/mol. The molecular weight excluding hydrogens is 282 g/mol. The number of nitrogens with zero attached hydrogens (tertiary/aromatic N) is 3. The molecule has 1 aliphatic rings. The summed E-state index contributed by atoms with van der Waals surface area (Å²) in [5.41, 5.74) is 1.41. The first kappa shape index (κ1) is 14.3. The summed E-state index contributed by atoms with van der Waals surface area (Å²) in [6, 6.07) is 5.27. The van der Waals surface area contributed by atoms with Gasteiger partial charge in [-0.15, -0.1) is 0 Å². The summed E-state index contributed by atoms with van der Waals surface area (Å²) < 4.78 is 5.24. The van der Waals surface area contributed by atoms with E-state index in [1.165, 1.54) is 6.26 Å². The van der Waals surface area contributed by atoms with Gasteiger partial charge >= 0.3 is 0 Å². The second kappa shape index (κ2) is 6.01. The van der Waals surface area contributed by atoms with Crippen LogP contribution < -0.4 is 0 Å². The van der Waals surface area contributed by atoms with Crippen molar-refractivity contribution in [3.05, 3.63) is 53.7 Å². The zero-order chi connectivity index (χ0) is 15.5. The van der Waals surface area contributed by atoms with Crippen molar-refractivity contribution in [2.24, 2.45) is 0 Å². The molecule has 0 radical (unpaired) electrons. The first-order chi connectivity index (χ1) is 10.7. The normalized spacial score (nSPS) is 15.0. The predicted octanol–water partition coefficient (Wildman–Crippen LogP) is 1.58. The average Bonchev–Trinajstić information content (AvgIpc) is 3.00. The Morgan fingerprint density at radius 1 is 1.09 bits per heavy atom. The van der Waals surface area contributed by atoms with Crippen LogP contribution in [0, 0.1) is 6.92 Å². The van der Waals surface area contributed by atoms with Gasteiger partial charge in [0.1, 0.15) is 0 Å². The number of pyridine rings is 1. The number of piperazine rings is 1. The van der Waals surface area contributed by atoms with Gasteiger partial charge in [-0.05, 0) is 25.1 Å². The number of furan rings is 1. The van der Waals surface area contributed by atoms with E-state index >= 15 is 0 Å². The minimum absolute atomic E-state index is 0.0469. The van der Waals surface area contributed by atoms with Crippen molar-refractivity contribution in [1.82, 2.24) is 14.8 Å². The van der Waals surface area contributed by atoms with E-state index in [2.05, 4.69) is 4.98 Å². The fraction of sp³-hybridized carbons (Fsp3) is 0.312. The zero-order valence-corrected chi connectivity index (χ0v) is 12.4. The fourth-order valence-corrected chi connectivity index (χ4v) is 2.52. The Bertz CT molecular complexity index is 673. The van der Waals surface area contributed by atoms with E-state index in [0.717, 1.165) is 5.56 Å². The van der Waals surface area contributed by atoms with E-state index in [9.17, 15) is 9.59 Å². The Morgan fingerprint density at radius 3 is 2.32 bits per heavy atom. The smallest absolute Gasteiger partial charge is 0.289 e. The molecule has 1 aliphatic heterocycles. The van der Waals surface area contributed by atoms with Gasteiger partial charge in [0.2, 0.25) is 0 Å². The molecule has 0 unspecified atom stereocenters. The molecular formula is C16H17N3O3. The first-order valence-electron chi connectivity index (χ1n) is 7.19. The Balaban J connectivity index is 1.62. The molecule has 1 fully saturated rings. The summed E-state index contributed by atoms with van der Waals surface area (Å²) in [5.74, 6) is 0.220. The lowest BCUT2D eigenvalue weighted by molar-refractivity contribution is 0.0517. The number of amides is 2. The number of carbonyl (C=O) groups excluding carboxylic acids is 2. The van der Waals surface area contributed by atoms with Gasteiger partial charge in [0.15, 0.2) is 5.76 Å². The van der Waals surface area contributed by atoms with Crippen LogP contribution in [0.2, 0.25) is 0 Å². The minimum Gasteiger partial charge on any atom is -0.459 e. The highest BCUT2D eigenvalue weighted by Crippen LogP contribution is 2.15. The summed E-state index contributed by atoms with van der Waals surface area (Å²) in [6.07, 6.45) is 4.72. The van der Waals surface area contributed by atoms with E-state index in [1.807, 2.05) is 6.92 Å². The van der Waals surface area contributed by atoms with Gasteiger partial charge in [-0.1, -0.05) is 0 Å². The standard InChI is InChI=1S/C16H17N3O3/c1-12-4-10-22-14(12)16(21)19-8-6-18(7-9-19)15(20)13-3-2-5-17-11-13/h2-5,10-11H,6-9H2,1H3. The monoisotopic (exact) mass is 299 g/mol. The molecule has 3 heterocycles. The van der Waals surface area contributed by atoms with E-state index in [4.69, 9.17) is 4.42 Å². The SMILES string of the molecule is Cc1ccoc1C(=O)N1CCN(C(=O)c2cccnc2)CC1. The molecule has 0 aliphatic carbocycles. The molecule has 0 bridgehead atoms. The lowest BCUT2D eigenvalue weighted by atomic mass is 10.2. The molecule has 0 aromatic carbocycles. The molecule has 114 valence electrons. The number of rotatable bonds is 2. The molecule has 6 nitrogen and oxygen atoms in total. The van der Waals surface area contributed by atoms with Crippen LogP contribution in [0.15, 0.2) is 41.3 Å². The maximum Gasteiger partial charge on any atom is 0.289 e. The first-order valence-corrected chi connectivity index (χ1v) is 7.19. The molecule has 0 atom stereocenters. The molecule has 3 rings (SSSR count). The minimum atomic E-state index is -0.115. The van der Waals surface area contributed by atoms with E-state index in [1.54, 1.807) is 40.4 Å². The molecule has 0 saturated carbocycles. The van der Waals surface area contributed by atoms with Gasteiger partial charge in [-0.2, -0.15) is 0 Å². The molecule has 22 heavy (non-hydrogen) atoms. The van der Waals surface area contributed by atoms with Crippen LogP contribution in [-0.2, 0) is 0 Å². The van der Waals surface area contributed by atoms with E-state index < -0.39 is 0 Å². The summed E-state index contributed by atoms with van der Waals surface area (Å²) in [6.45, 7) is 3.88. The predicted molar refractivity (Wildman–Crippen MR) is 79.5 cm³/mol. The molecule has 2 amide bonds.